The van der Waals surface area contributed by atoms with Crippen molar-refractivity contribution in [1.29, 1.82) is 0 Å². The molecule has 0 radical (unpaired) electrons. The van der Waals surface area contributed by atoms with Crippen molar-refractivity contribution < 1.29 is 12.9 Å². The second-order valence-electron chi connectivity index (χ2n) is 4.58. The van der Waals surface area contributed by atoms with Gasteiger partial charge in [0.05, 0.1) is 18.4 Å². The molecule has 20 heavy (non-hydrogen) atoms. The molecule has 2 aromatic heterocycles. The summed E-state index contributed by atoms with van der Waals surface area (Å²) in [6.45, 7) is 4.46. The van der Waals surface area contributed by atoms with Crippen molar-refractivity contribution in [3.05, 3.63) is 29.8 Å². The second-order valence-corrected chi connectivity index (χ2v) is 6.28. The minimum absolute atomic E-state index is 0.0640. The van der Waals surface area contributed by atoms with Crippen LogP contribution in [0.1, 0.15) is 25.1 Å². The number of H-pyrrole nitrogens is 1. The first kappa shape index (κ1) is 14.7. The van der Waals surface area contributed by atoms with Crippen LogP contribution in [0.25, 0.3) is 0 Å². The van der Waals surface area contributed by atoms with E-state index < -0.39 is 10.0 Å². The lowest BCUT2D eigenvalue weighted by atomic mass is 10.3. The van der Waals surface area contributed by atoms with E-state index >= 15 is 0 Å². The van der Waals surface area contributed by atoms with Crippen LogP contribution in [0, 0.1) is 0 Å². The Labute approximate surface area is 117 Å². The number of rotatable bonds is 7. The molecule has 8 nitrogen and oxygen atoms in total. The fourth-order valence-electron chi connectivity index (χ4n) is 1.54. The fourth-order valence-corrected chi connectivity index (χ4v) is 2.67. The van der Waals surface area contributed by atoms with E-state index in [-0.39, 0.29) is 17.6 Å². The SMILES string of the molecule is CC(C)NCc1cn[nH]c1S(=O)(=O)NCc1ccon1. The minimum atomic E-state index is -3.66. The summed E-state index contributed by atoms with van der Waals surface area (Å²) in [5, 5.41) is 13.2. The topological polar surface area (TPSA) is 113 Å². The van der Waals surface area contributed by atoms with Gasteiger partial charge in [0.15, 0.2) is 5.03 Å². The summed E-state index contributed by atoms with van der Waals surface area (Å²) >= 11 is 0. The lowest BCUT2D eigenvalue weighted by molar-refractivity contribution is 0.411. The van der Waals surface area contributed by atoms with Crippen LogP contribution in [0.2, 0.25) is 0 Å². The smallest absolute Gasteiger partial charge is 0.258 e. The van der Waals surface area contributed by atoms with E-state index in [1.54, 1.807) is 6.07 Å². The van der Waals surface area contributed by atoms with Gasteiger partial charge >= 0.3 is 0 Å². The average Bonchev–Trinajstić information content (AvgIpc) is 3.05. The van der Waals surface area contributed by atoms with Crippen molar-refractivity contribution in [1.82, 2.24) is 25.4 Å². The highest BCUT2D eigenvalue weighted by molar-refractivity contribution is 7.89. The van der Waals surface area contributed by atoms with Gasteiger partial charge in [0, 0.05) is 24.2 Å². The molecule has 2 rings (SSSR count). The van der Waals surface area contributed by atoms with Crippen LogP contribution in [-0.4, -0.2) is 29.8 Å². The Morgan fingerprint density at radius 1 is 1.40 bits per heavy atom. The molecule has 0 atom stereocenters. The van der Waals surface area contributed by atoms with E-state index in [1.165, 1.54) is 12.5 Å². The highest BCUT2D eigenvalue weighted by atomic mass is 32.2. The first-order valence-corrected chi connectivity index (χ1v) is 7.62. The number of sulfonamides is 1. The molecular formula is C11H17N5O3S. The molecule has 9 heteroatoms. The van der Waals surface area contributed by atoms with E-state index in [4.69, 9.17) is 0 Å². The third-order valence-corrected chi connectivity index (χ3v) is 4.00. The van der Waals surface area contributed by atoms with Gasteiger partial charge in [0.2, 0.25) is 0 Å². The van der Waals surface area contributed by atoms with E-state index in [9.17, 15) is 8.42 Å². The number of aromatic nitrogens is 3. The molecule has 110 valence electrons. The van der Waals surface area contributed by atoms with Crippen molar-refractivity contribution >= 4 is 10.0 Å². The molecule has 0 aliphatic rings. The molecule has 0 saturated heterocycles. The molecule has 2 heterocycles. The highest BCUT2D eigenvalue weighted by Gasteiger charge is 2.20. The largest absolute Gasteiger partial charge is 0.364 e. The summed E-state index contributed by atoms with van der Waals surface area (Å²) in [5.41, 5.74) is 1.10. The van der Waals surface area contributed by atoms with Gasteiger partial charge in [-0.1, -0.05) is 19.0 Å². The second kappa shape index (κ2) is 6.16. The van der Waals surface area contributed by atoms with Crippen LogP contribution in [0.15, 0.2) is 28.1 Å². The Kier molecular flexibility index (Phi) is 4.53. The predicted molar refractivity (Wildman–Crippen MR) is 71.1 cm³/mol. The Morgan fingerprint density at radius 3 is 2.85 bits per heavy atom. The van der Waals surface area contributed by atoms with Gasteiger partial charge in [-0.25, -0.2) is 13.1 Å². The molecule has 3 N–H and O–H groups in total. The van der Waals surface area contributed by atoms with Gasteiger partial charge in [-0.3, -0.25) is 5.10 Å². The Balaban J connectivity index is 2.07. The Morgan fingerprint density at radius 2 is 2.20 bits per heavy atom. The Bertz CT molecular complexity index is 633. The van der Waals surface area contributed by atoms with E-state index in [1.807, 2.05) is 13.8 Å². The first-order chi connectivity index (χ1) is 9.49. The molecule has 0 aliphatic carbocycles. The van der Waals surface area contributed by atoms with Gasteiger partial charge in [-0.2, -0.15) is 5.10 Å². The van der Waals surface area contributed by atoms with Crippen molar-refractivity contribution in [3.8, 4) is 0 Å². The molecule has 0 unspecified atom stereocenters. The molecule has 0 aliphatic heterocycles. The van der Waals surface area contributed by atoms with Crippen LogP contribution in [0.3, 0.4) is 0 Å². The first-order valence-electron chi connectivity index (χ1n) is 6.13. The van der Waals surface area contributed by atoms with E-state index in [2.05, 4.69) is 29.9 Å². The Hall–Kier alpha value is -1.71. The number of nitrogens with zero attached hydrogens (tertiary/aromatic N) is 2. The third kappa shape index (κ3) is 3.65. The van der Waals surface area contributed by atoms with Gasteiger partial charge in [-0.05, 0) is 0 Å². The van der Waals surface area contributed by atoms with Crippen LogP contribution >= 0.6 is 0 Å². The summed E-state index contributed by atoms with van der Waals surface area (Å²) in [5.74, 6) is 0. The molecule has 0 amide bonds. The van der Waals surface area contributed by atoms with Crippen molar-refractivity contribution in [2.75, 3.05) is 0 Å². The number of hydrogen-bond acceptors (Lipinski definition) is 6. The lowest BCUT2D eigenvalue weighted by Crippen LogP contribution is -2.27. The van der Waals surface area contributed by atoms with Gasteiger partial charge in [0.1, 0.15) is 6.26 Å². The van der Waals surface area contributed by atoms with Crippen LogP contribution < -0.4 is 10.0 Å². The van der Waals surface area contributed by atoms with Crippen molar-refractivity contribution in [3.63, 3.8) is 0 Å². The molecule has 0 saturated carbocycles. The van der Waals surface area contributed by atoms with Crippen molar-refractivity contribution in [2.24, 2.45) is 0 Å². The molecule has 0 bridgehead atoms. The number of hydrogen-bond donors (Lipinski definition) is 3. The van der Waals surface area contributed by atoms with Gasteiger partial charge in [-0.15, -0.1) is 0 Å². The summed E-state index contributed by atoms with van der Waals surface area (Å²) in [6, 6.07) is 1.85. The number of aromatic amines is 1. The summed E-state index contributed by atoms with van der Waals surface area (Å²) in [4.78, 5) is 0. The summed E-state index contributed by atoms with van der Waals surface area (Å²) in [6.07, 6.45) is 2.89. The third-order valence-electron chi connectivity index (χ3n) is 2.58. The highest BCUT2D eigenvalue weighted by Crippen LogP contribution is 2.12. The zero-order valence-electron chi connectivity index (χ0n) is 11.3. The van der Waals surface area contributed by atoms with Crippen LogP contribution in [0.4, 0.5) is 0 Å². The minimum Gasteiger partial charge on any atom is -0.364 e. The van der Waals surface area contributed by atoms with E-state index in [0.29, 0.717) is 17.8 Å². The average molecular weight is 299 g/mol. The summed E-state index contributed by atoms with van der Waals surface area (Å²) < 4.78 is 31.5. The monoisotopic (exact) mass is 299 g/mol. The fraction of sp³-hybridized carbons (Fsp3) is 0.455. The lowest BCUT2D eigenvalue weighted by Gasteiger charge is -2.09. The maximum atomic E-state index is 12.2. The van der Waals surface area contributed by atoms with Gasteiger partial charge in [0.25, 0.3) is 10.0 Å². The van der Waals surface area contributed by atoms with Crippen LogP contribution in [-0.2, 0) is 23.1 Å². The number of nitrogens with one attached hydrogen (secondary N) is 3. The predicted octanol–water partition coefficient (Wildman–Crippen LogP) is 0.374. The molecule has 0 fully saturated rings. The molecule has 0 spiro atoms. The molecule has 2 aromatic rings. The quantitative estimate of drug-likeness (QED) is 0.681. The zero-order chi connectivity index (χ0) is 14.6. The van der Waals surface area contributed by atoms with Crippen LogP contribution in [0.5, 0.6) is 0 Å². The van der Waals surface area contributed by atoms with E-state index in [0.717, 1.165) is 0 Å². The van der Waals surface area contributed by atoms with Gasteiger partial charge < -0.3 is 9.84 Å². The van der Waals surface area contributed by atoms with Crippen molar-refractivity contribution in [2.45, 2.75) is 38.0 Å². The maximum absolute atomic E-state index is 12.2. The molecular weight excluding hydrogens is 282 g/mol. The normalized spacial score (nSPS) is 12.2. The molecule has 0 aromatic carbocycles. The maximum Gasteiger partial charge on any atom is 0.258 e. The summed E-state index contributed by atoms with van der Waals surface area (Å²) in [7, 11) is -3.66. The standard InChI is InChI=1S/C11H17N5O3S/c1-8(2)12-5-9-6-13-15-11(9)20(17,18)14-7-10-3-4-19-16-10/h3-4,6,8,12,14H,5,7H2,1-2H3,(H,13,15). The zero-order valence-corrected chi connectivity index (χ0v) is 12.1.